The van der Waals surface area contributed by atoms with Gasteiger partial charge < -0.3 is 15.2 Å². The van der Waals surface area contributed by atoms with E-state index in [1.165, 1.54) is 0 Å². The SMILES string of the molecule is O=C(C[C@H]1CC[C@H](NS(=O)(=O)c2ccc(F)cc2)[C@@H](CO)O1)NCc1ccc(Cl)c(Cl)c1. The number of amides is 1. The van der Waals surface area contributed by atoms with Gasteiger partial charge in [0.2, 0.25) is 15.9 Å². The van der Waals surface area contributed by atoms with Crippen molar-refractivity contribution in [3.63, 3.8) is 0 Å². The van der Waals surface area contributed by atoms with E-state index >= 15 is 0 Å². The second kappa shape index (κ2) is 10.9. The van der Waals surface area contributed by atoms with Gasteiger partial charge >= 0.3 is 0 Å². The average molecular weight is 505 g/mol. The number of rotatable bonds is 8. The summed E-state index contributed by atoms with van der Waals surface area (Å²) in [4.78, 5) is 12.2. The van der Waals surface area contributed by atoms with Crippen molar-refractivity contribution in [1.82, 2.24) is 10.0 Å². The van der Waals surface area contributed by atoms with Crippen molar-refractivity contribution in [1.29, 1.82) is 0 Å². The van der Waals surface area contributed by atoms with E-state index in [2.05, 4.69) is 10.0 Å². The lowest BCUT2D eigenvalue weighted by Crippen LogP contribution is -2.51. The smallest absolute Gasteiger partial charge is 0.240 e. The topological polar surface area (TPSA) is 105 Å². The summed E-state index contributed by atoms with van der Waals surface area (Å²) in [6.45, 7) is -0.149. The molecule has 32 heavy (non-hydrogen) atoms. The molecule has 1 saturated heterocycles. The van der Waals surface area contributed by atoms with Gasteiger partial charge in [-0.1, -0.05) is 29.3 Å². The van der Waals surface area contributed by atoms with Gasteiger partial charge in [-0.05, 0) is 54.8 Å². The molecule has 7 nitrogen and oxygen atoms in total. The normalized spacial score (nSPS) is 21.3. The zero-order valence-electron chi connectivity index (χ0n) is 16.9. The molecule has 174 valence electrons. The van der Waals surface area contributed by atoms with E-state index in [4.69, 9.17) is 27.9 Å². The lowest BCUT2D eigenvalue weighted by atomic mass is 9.98. The summed E-state index contributed by atoms with van der Waals surface area (Å²) in [5, 5.41) is 13.3. The van der Waals surface area contributed by atoms with Crippen LogP contribution in [-0.2, 0) is 26.1 Å². The highest BCUT2D eigenvalue weighted by atomic mass is 35.5. The minimum absolute atomic E-state index is 0.0647. The fourth-order valence-electron chi connectivity index (χ4n) is 3.43. The summed E-state index contributed by atoms with van der Waals surface area (Å²) in [6.07, 6.45) is -0.418. The van der Waals surface area contributed by atoms with Crippen LogP contribution in [0.3, 0.4) is 0 Å². The maximum Gasteiger partial charge on any atom is 0.240 e. The van der Waals surface area contributed by atoms with Crippen LogP contribution >= 0.6 is 23.2 Å². The Hall–Kier alpha value is -1.75. The van der Waals surface area contributed by atoms with E-state index in [9.17, 15) is 22.7 Å². The Balaban J connectivity index is 1.52. The molecular weight excluding hydrogens is 482 g/mol. The summed E-state index contributed by atoms with van der Waals surface area (Å²) in [5.74, 6) is -0.790. The number of hydrogen-bond acceptors (Lipinski definition) is 5. The van der Waals surface area contributed by atoms with Crippen LogP contribution in [-0.4, -0.2) is 44.3 Å². The molecule has 0 unspecified atom stereocenters. The lowest BCUT2D eigenvalue weighted by Gasteiger charge is -2.35. The van der Waals surface area contributed by atoms with Crippen LogP contribution in [0.15, 0.2) is 47.4 Å². The van der Waals surface area contributed by atoms with Gasteiger partial charge in [0.15, 0.2) is 0 Å². The molecule has 1 fully saturated rings. The minimum Gasteiger partial charge on any atom is -0.394 e. The molecular formula is C21H23Cl2FN2O5S. The quantitative estimate of drug-likeness (QED) is 0.512. The van der Waals surface area contributed by atoms with E-state index in [-0.39, 0.29) is 23.8 Å². The summed E-state index contributed by atoms with van der Waals surface area (Å²) in [7, 11) is -3.91. The Morgan fingerprint density at radius 3 is 2.50 bits per heavy atom. The van der Waals surface area contributed by atoms with Gasteiger partial charge in [-0.3, -0.25) is 4.79 Å². The Morgan fingerprint density at radius 2 is 1.84 bits per heavy atom. The van der Waals surface area contributed by atoms with Gasteiger partial charge in [0, 0.05) is 6.54 Å². The van der Waals surface area contributed by atoms with Crippen LogP contribution in [0.4, 0.5) is 4.39 Å². The minimum atomic E-state index is -3.91. The first-order chi connectivity index (χ1) is 15.2. The Kier molecular flexibility index (Phi) is 8.49. The molecule has 3 atom stereocenters. The number of carbonyl (C=O) groups is 1. The fourth-order valence-corrected chi connectivity index (χ4v) is 5.05. The number of hydrogen-bond donors (Lipinski definition) is 3. The number of aliphatic hydroxyl groups is 1. The molecule has 11 heteroatoms. The van der Waals surface area contributed by atoms with Gasteiger partial charge in [-0.15, -0.1) is 0 Å². The first kappa shape index (κ1) is 24.9. The van der Waals surface area contributed by atoms with E-state index in [0.29, 0.717) is 22.9 Å². The number of halogens is 3. The van der Waals surface area contributed by atoms with Crippen molar-refractivity contribution >= 4 is 39.1 Å². The van der Waals surface area contributed by atoms with E-state index < -0.39 is 40.7 Å². The number of nitrogens with one attached hydrogen (secondary N) is 2. The van der Waals surface area contributed by atoms with Gasteiger partial charge in [0.25, 0.3) is 0 Å². The second-order valence-electron chi connectivity index (χ2n) is 7.47. The van der Waals surface area contributed by atoms with Gasteiger partial charge in [-0.25, -0.2) is 17.5 Å². The predicted molar refractivity (Wildman–Crippen MR) is 118 cm³/mol. The third-order valence-corrected chi connectivity index (χ3v) is 7.36. The first-order valence-corrected chi connectivity index (χ1v) is 12.2. The van der Waals surface area contributed by atoms with Crippen LogP contribution in [0.1, 0.15) is 24.8 Å². The zero-order chi connectivity index (χ0) is 23.3. The van der Waals surface area contributed by atoms with Gasteiger partial charge in [-0.2, -0.15) is 0 Å². The molecule has 0 saturated carbocycles. The summed E-state index contributed by atoms with van der Waals surface area (Å²) in [5.41, 5.74) is 0.792. The highest BCUT2D eigenvalue weighted by Gasteiger charge is 2.34. The zero-order valence-corrected chi connectivity index (χ0v) is 19.3. The molecule has 1 amide bonds. The van der Waals surface area contributed by atoms with Crippen molar-refractivity contribution in [2.24, 2.45) is 0 Å². The molecule has 1 heterocycles. The maximum absolute atomic E-state index is 13.1. The molecule has 1 aliphatic rings. The number of carbonyl (C=O) groups excluding carboxylic acids is 1. The average Bonchev–Trinajstić information content (AvgIpc) is 2.75. The van der Waals surface area contributed by atoms with Crippen molar-refractivity contribution in [3.8, 4) is 0 Å². The predicted octanol–water partition coefficient (Wildman–Crippen LogP) is 3.03. The van der Waals surface area contributed by atoms with Crippen molar-refractivity contribution in [2.75, 3.05) is 6.61 Å². The van der Waals surface area contributed by atoms with E-state index in [1.807, 2.05) is 0 Å². The molecule has 3 N–H and O–H groups in total. The molecule has 0 aromatic heterocycles. The third-order valence-electron chi connectivity index (χ3n) is 5.11. The molecule has 0 aliphatic carbocycles. The Morgan fingerprint density at radius 1 is 1.12 bits per heavy atom. The molecule has 1 aliphatic heterocycles. The number of ether oxygens (including phenoxy) is 1. The van der Waals surface area contributed by atoms with Crippen LogP contribution in [0.2, 0.25) is 10.0 Å². The number of sulfonamides is 1. The summed E-state index contributed by atoms with van der Waals surface area (Å²) >= 11 is 11.8. The van der Waals surface area contributed by atoms with Crippen molar-refractivity contribution < 1.29 is 27.4 Å². The van der Waals surface area contributed by atoms with E-state index in [0.717, 1.165) is 29.8 Å². The highest BCUT2D eigenvalue weighted by molar-refractivity contribution is 7.89. The van der Waals surface area contributed by atoms with Crippen LogP contribution < -0.4 is 10.0 Å². The first-order valence-electron chi connectivity index (χ1n) is 9.93. The lowest BCUT2D eigenvalue weighted by molar-refractivity contribution is -0.130. The van der Waals surface area contributed by atoms with Crippen molar-refractivity contribution in [3.05, 3.63) is 63.9 Å². The summed E-state index contributed by atoms with van der Waals surface area (Å²) in [6, 6.07) is 8.84. The summed E-state index contributed by atoms with van der Waals surface area (Å²) < 4.78 is 46.4. The molecule has 0 bridgehead atoms. The van der Waals surface area contributed by atoms with Gasteiger partial charge in [0.05, 0.1) is 46.2 Å². The molecule has 3 rings (SSSR count). The third kappa shape index (κ3) is 6.63. The van der Waals surface area contributed by atoms with Crippen molar-refractivity contribution in [2.45, 2.75) is 49.0 Å². The van der Waals surface area contributed by atoms with Crippen LogP contribution in [0.25, 0.3) is 0 Å². The number of benzene rings is 2. The molecule has 0 radical (unpaired) electrons. The number of aliphatic hydroxyl groups excluding tert-OH is 1. The second-order valence-corrected chi connectivity index (χ2v) is 10.00. The molecule has 2 aromatic rings. The standard InChI is InChI=1S/C21H23Cl2FN2O5S/c22-17-7-1-13(9-18(17)23)11-25-21(28)10-15-4-8-19(20(12-27)31-15)26-32(29,30)16-5-2-14(24)3-6-16/h1-3,5-7,9,15,19-20,26-27H,4,8,10-12H2,(H,25,28)/t15-,19+,20-/m1/s1. The van der Waals surface area contributed by atoms with E-state index in [1.54, 1.807) is 18.2 Å². The van der Waals surface area contributed by atoms with Crippen LogP contribution in [0, 0.1) is 5.82 Å². The Labute approximate surface area is 195 Å². The Bertz CT molecular complexity index is 1050. The molecule has 2 aromatic carbocycles. The van der Waals surface area contributed by atoms with Crippen LogP contribution in [0.5, 0.6) is 0 Å². The highest BCUT2D eigenvalue weighted by Crippen LogP contribution is 2.24. The molecule has 0 spiro atoms. The fraction of sp³-hybridized carbons (Fsp3) is 0.381. The van der Waals surface area contributed by atoms with Gasteiger partial charge in [0.1, 0.15) is 5.82 Å². The monoisotopic (exact) mass is 504 g/mol. The maximum atomic E-state index is 13.1. The largest absolute Gasteiger partial charge is 0.394 e.